The fourth-order valence-corrected chi connectivity index (χ4v) is 1.64. The van der Waals surface area contributed by atoms with Crippen molar-refractivity contribution < 1.29 is 9.53 Å². The maximum atomic E-state index is 10.3. The van der Waals surface area contributed by atoms with Gasteiger partial charge in [0.05, 0.1) is 13.5 Å². The lowest BCUT2D eigenvalue weighted by Gasteiger charge is -2.07. The van der Waals surface area contributed by atoms with Crippen molar-refractivity contribution in [1.82, 2.24) is 0 Å². The van der Waals surface area contributed by atoms with E-state index >= 15 is 0 Å². The van der Waals surface area contributed by atoms with Crippen LogP contribution in [0.25, 0.3) is 0 Å². The lowest BCUT2D eigenvalue weighted by molar-refractivity contribution is -0.138. The van der Waals surface area contributed by atoms with Crippen LogP contribution in [-0.4, -0.2) is 12.6 Å². The monoisotopic (exact) mass is 155 g/mol. The predicted octanol–water partition coefficient (Wildman–Crippen LogP) is 1.94. The first kappa shape index (κ1) is 8.57. The van der Waals surface area contributed by atoms with E-state index in [1.807, 2.05) is 0 Å². The van der Waals surface area contributed by atoms with Crippen LogP contribution in [0.15, 0.2) is 0 Å². The molecule has 0 unspecified atom stereocenters. The molecule has 0 saturated heterocycles. The molecule has 1 aliphatic carbocycles. The van der Waals surface area contributed by atoms with Crippen LogP contribution >= 0.6 is 0 Å². The van der Waals surface area contributed by atoms with Gasteiger partial charge in [-0.15, -0.1) is 0 Å². The Morgan fingerprint density at radius 3 is 2.64 bits per heavy atom. The molecule has 1 rings (SSSR count). The Balaban J connectivity index is 1.98. The first-order chi connectivity index (χ1) is 5.29. The van der Waals surface area contributed by atoms with Crippen molar-refractivity contribution in [1.29, 1.82) is 0 Å². The third-order valence-corrected chi connectivity index (χ3v) is 2.26. The highest BCUT2D eigenvalue weighted by molar-refractivity contribution is 5.73. The standard InChI is InChI=1S/C9H15O2/c1-8(10)11-7-6-9-4-2-3-5-9/h9H,1-7H2. The van der Waals surface area contributed by atoms with Crippen LogP contribution in [0.4, 0.5) is 0 Å². The van der Waals surface area contributed by atoms with Gasteiger partial charge >= 0.3 is 5.97 Å². The van der Waals surface area contributed by atoms with Gasteiger partial charge in [0.15, 0.2) is 0 Å². The maximum absolute atomic E-state index is 10.3. The minimum Gasteiger partial charge on any atom is -0.466 e. The van der Waals surface area contributed by atoms with Gasteiger partial charge < -0.3 is 4.74 Å². The first-order valence-electron chi connectivity index (χ1n) is 4.28. The molecule has 1 radical (unpaired) electrons. The Bertz CT molecular complexity index is 126. The number of esters is 1. The number of hydrogen-bond acceptors (Lipinski definition) is 2. The molecular formula is C9H15O2. The normalized spacial score (nSPS) is 18.6. The molecular weight excluding hydrogens is 140 g/mol. The Hall–Kier alpha value is -0.530. The number of rotatable bonds is 3. The highest BCUT2D eigenvalue weighted by Gasteiger charge is 2.14. The van der Waals surface area contributed by atoms with Gasteiger partial charge in [0.25, 0.3) is 0 Å². The molecule has 0 aromatic heterocycles. The Kier molecular flexibility index (Phi) is 3.40. The van der Waals surface area contributed by atoms with Gasteiger partial charge in [0, 0.05) is 0 Å². The molecule has 1 aliphatic rings. The molecule has 0 spiro atoms. The predicted molar refractivity (Wildman–Crippen MR) is 42.9 cm³/mol. The van der Waals surface area contributed by atoms with Crippen molar-refractivity contribution in [2.45, 2.75) is 32.1 Å². The van der Waals surface area contributed by atoms with Crippen LogP contribution in [-0.2, 0) is 9.53 Å². The minimum atomic E-state index is -0.400. The third-order valence-electron chi connectivity index (χ3n) is 2.26. The highest BCUT2D eigenvalue weighted by atomic mass is 16.5. The molecule has 0 N–H and O–H groups in total. The van der Waals surface area contributed by atoms with Crippen molar-refractivity contribution >= 4 is 5.97 Å². The van der Waals surface area contributed by atoms with E-state index in [1.165, 1.54) is 25.7 Å². The molecule has 0 heterocycles. The number of carbonyl (C=O) groups is 1. The molecule has 11 heavy (non-hydrogen) atoms. The van der Waals surface area contributed by atoms with Crippen LogP contribution in [0.2, 0.25) is 0 Å². The van der Waals surface area contributed by atoms with Gasteiger partial charge in [-0.05, 0) is 12.3 Å². The zero-order valence-corrected chi connectivity index (χ0v) is 6.84. The van der Waals surface area contributed by atoms with E-state index in [0.29, 0.717) is 6.61 Å². The summed E-state index contributed by atoms with van der Waals surface area (Å²) in [5.74, 6) is 0.400. The van der Waals surface area contributed by atoms with Gasteiger partial charge in [0.2, 0.25) is 0 Å². The molecule has 63 valence electrons. The van der Waals surface area contributed by atoms with Crippen LogP contribution in [0.3, 0.4) is 0 Å². The van der Waals surface area contributed by atoms with Gasteiger partial charge in [-0.2, -0.15) is 0 Å². The first-order valence-corrected chi connectivity index (χ1v) is 4.28. The number of ether oxygens (including phenoxy) is 1. The fourth-order valence-electron chi connectivity index (χ4n) is 1.64. The lowest BCUT2D eigenvalue weighted by atomic mass is 10.1. The van der Waals surface area contributed by atoms with Crippen LogP contribution in [0, 0.1) is 12.8 Å². The molecule has 0 bridgehead atoms. The van der Waals surface area contributed by atoms with E-state index in [0.717, 1.165) is 12.3 Å². The molecule has 0 aromatic rings. The number of hydrogen-bond donors (Lipinski definition) is 0. The van der Waals surface area contributed by atoms with E-state index < -0.39 is 5.97 Å². The second-order valence-electron chi connectivity index (χ2n) is 3.16. The molecule has 0 aromatic carbocycles. The minimum absolute atomic E-state index is 0.400. The van der Waals surface area contributed by atoms with E-state index in [2.05, 4.69) is 6.92 Å². The summed E-state index contributed by atoms with van der Waals surface area (Å²) >= 11 is 0. The summed E-state index contributed by atoms with van der Waals surface area (Å²) in [6.07, 6.45) is 6.36. The number of carbonyl (C=O) groups excluding carboxylic acids is 1. The molecule has 0 aliphatic heterocycles. The topological polar surface area (TPSA) is 26.3 Å². The second kappa shape index (κ2) is 4.37. The Morgan fingerprint density at radius 2 is 2.09 bits per heavy atom. The summed E-state index contributed by atoms with van der Waals surface area (Å²) in [6.45, 7) is 3.70. The van der Waals surface area contributed by atoms with Gasteiger partial charge in [-0.25, -0.2) is 0 Å². The third kappa shape index (κ3) is 3.40. The average molecular weight is 155 g/mol. The van der Waals surface area contributed by atoms with E-state index in [1.54, 1.807) is 0 Å². The largest absolute Gasteiger partial charge is 0.466 e. The molecule has 2 heteroatoms. The zero-order chi connectivity index (χ0) is 8.10. The fraction of sp³-hybridized carbons (Fsp3) is 0.778. The Morgan fingerprint density at radius 1 is 1.45 bits per heavy atom. The molecule has 2 nitrogen and oxygen atoms in total. The SMILES string of the molecule is [CH2]C(=O)OCCC1CCCC1. The summed E-state index contributed by atoms with van der Waals surface area (Å²) in [5, 5.41) is 0. The lowest BCUT2D eigenvalue weighted by Crippen LogP contribution is -2.05. The average Bonchev–Trinajstić information content (AvgIpc) is 2.39. The molecule has 0 atom stereocenters. The summed E-state index contributed by atoms with van der Waals surface area (Å²) in [5.41, 5.74) is 0. The summed E-state index contributed by atoms with van der Waals surface area (Å²) in [6, 6.07) is 0. The maximum Gasteiger partial charge on any atom is 0.306 e. The van der Waals surface area contributed by atoms with Crippen molar-refractivity contribution in [3.63, 3.8) is 0 Å². The van der Waals surface area contributed by atoms with E-state index in [-0.39, 0.29) is 0 Å². The van der Waals surface area contributed by atoms with Crippen LogP contribution in [0.5, 0.6) is 0 Å². The molecule has 0 amide bonds. The molecule has 1 saturated carbocycles. The molecule has 1 fully saturated rings. The van der Waals surface area contributed by atoms with Crippen molar-refractivity contribution in [3.05, 3.63) is 6.92 Å². The summed E-state index contributed by atoms with van der Waals surface area (Å²) in [7, 11) is 0. The smallest absolute Gasteiger partial charge is 0.306 e. The van der Waals surface area contributed by atoms with E-state index in [4.69, 9.17) is 4.74 Å². The van der Waals surface area contributed by atoms with Gasteiger partial charge in [0.1, 0.15) is 0 Å². The van der Waals surface area contributed by atoms with Crippen molar-refractivity contribution in [2.24, 2.45) is 5.92 Å². The second-order valence-corrected chi connectivity index (χ2v) is 3.16. The van der Waals surface area contributed by atoms with Crippen molar-refractivity contribution in [2.75, 3.05) is 6.61 Å². The van der Waals surface area contributed by atoms with Crippen LogP contribution < -0.4 is 0 Å². The van der Waals surface area contributed by atoms with E-state index in [9.17, 15) is 4.79 Å². The zero-order valence-electron chi connectivity index (χ0n) is 6.84. The van der Waals surface area contributed by atoms with Gasteiger partial charge in [-0.1, -0.05) is 25.7 Å². The quantitative estimate of drug-likeness (QED) is 0.582. The Labute approximate surface area is 67.9 Å². The van der Waals surface area contributed by atoms with Crippen LogP contribution in [0.1, 0.15) is 32.1 Å². The van der Waals surface area contributed by atoms with Crippen molar-refractivity contribution in [3.8, 4) is 0 Å². The summed E-state index contributed by atoms with van der Waals surface area (Å²) < 4.78 is 4.75. The van der Waals surface area contributed by atoms with Gasteiger partial charge in [-0.3, -0.25) is 4.79 Å². The highest BCUT2D eigenvalue weighted by Crippen LogP contribution is 2.27. The summed E-state index contributed by atoms with van der Waals surface area (Å²) in [4.78, 5) is 10.3.